The second-order valence-corrected chi connectivity index (χ2v) is 5.60. The standard InChI is InChI=1S/C16H18FNO3/c1-9-10-5-4-6-11(17)15(10)21-14(9)16(20)18-12-7-2-3-8-13(12)19/h4-6,12-13,19H,2-3,7-8H2,1H3,(H,18,20). The highest BCUT2D eigenvalue weighted by atomic mass is 19.1. The molecule has 4 nitrogen and oxygen atoms in total. The van der Waals surface area contributed by atoms with Gasteiger partial charge in [0.05, 0.1) is 12.1 Å². The van der Waals surface area contributed by atoms with Gasteiger partial charge >= 0.3 is 0 Å². The van der Waals surface area contributed by atoms with Crippen LogP contribution in [0.5, 0.6) is 0 Å². The molecule has 1 aliphatic rings. The maximum Gasteiger partial charge on any atom is 0.287 e. The lowest BCUT2D eigenvalue weighted by Crippen LogP contribution is -2.45. The van der Waals surface area contributed by atoms with Crippen molar-refractivity contribution in [3.8, 4) is 0 Å². The predicted molar refractivity (Wildman–Crippen MR) is 76.6 cm³/mol. The van der Waals surface area contributed by atoms with E-state index in [4.69, 9.17) is 4.42 Å². The number of amides is 1. The summed E-state index contributed by atoms with van der Waals surface area (Å²) in [5, 5.41) is 13.3. The fraction of sp³-hybridized carbons (Fsp3) is 0.438. The zero-order valence-electron chi connectivity index (χ0n) is 11.9. The van der Waals surface area contributed by atoms with Crippen molar-refractivity contribution in [2.45, 2.75) is 44.8 Å². The van der Waals surface area contributed by atoms with Gasteiger partial charge in [-0.1, -0.05) is 25.0 Å². The van der Waals surface area contributed by atoms with Crippen LogP contribution in [0.15, 0.2) is 22.6 Å². The Kier molecular flexibility index (Phi) is 3.68. The van der Waals surface area contributed by atoms with E-state index in [-0.39, 0.29) is 17.4 Å². The zero-order chi connectivity index (χ0) is 15.0. The number of carbonyl (C=O) groups is 1. The van der Waals surface area contributed by atoms with E-state index in [1.165, 1.54) is 6.07 Å². The highest BCUT2D eigenvalue weighted by molar-refractivity contribution is 5.99. The Morgan fingerprint density at radius 1 is 1.38 bits per heavy atom. The molecule has 1 amide bonds. The fourth-order valence-electron chi connectivity index (χ4n) is 2.94. The van der Waals surface area contributed by atoms with Gasteiger partial charge in [-0.2, -0.15) is 0 Å². The first-order valence-electron chi connectivity index (χ1n) is 7.24. The third kappa shape index (κ3) is 2.53. The minimum Gasteiger partial charge on any atom is -0.448 e. The average Bonchev–Trinajstić information content (AvgIpc) is 2.81. The number of para-hydroxylation sites is 1. The average molecular weight is 291 g/mol. The van der Waals surface area contributed by atoms with E-state index in [1.807, 2.05) is 0 Å². The van der Waals surface area contributed by atoms with Gasteiger partial charge < -0.3 is 14.8 Å². The monoisotopic (exact) mass is 291 g/mol. The molecule has 1 fully saturated rings. The van der Waals surface area contributed by atoms with E-state index in [0.717, 1.165) is 19.3 Å². The Labute approximate surface area is 121 Å². The van der Waals surface area contributed by atoms with Gasteiger partial charge in [0.1, 0.15) is 0 Å². The number of aryl methyl sites for hydroxylation is 1. The zero-order valence-corrected chi connectivity index (χ0v) is 11.9. The molecule has 1 aromatic heterocycles. The van der Waals surface area contributed by atoms with Crippen LogP contribution in [0.2, 0.25) is 0 Å². The second-order valence-electron chi connectivity index (χ2n) is 5.60. The van der Waals surface area contributed by atoms with Gasteiger partial charge in [0.15, 0.2) is 17.2 Å². The lowest BCUT2D eigenvalue weighted by Gasteiger charge is -2.28. The maximum atomic E-state index is 13.7. The summed E-state index contributed by atoms with van der Waals surface area (Å²) in [6, 6.07) is 4.36. The Balaban J connectivity index is 1.88. The van der Waals surface area contributed by atoms with E-state index in [9.17, 15) is 14.3 Å². The van der Waals surface area contributed by atoms with Crippen LogP contribution in [-0.4, -0.2) is 23.2 Å². The fourth-order valence-corrected chi connectivity index (χ4v) is 2.94. The van der Waals surface area contributed by atoms with E-state index >= 15 is 0 Å². The molecule has 1 saturated carbocycles. The van der Waals surface area contributed by atoms with Gasteiger partial charge in [-0.25, -0.2) is 4.39 Å². The number of carbonyl (C=O) groups excluding carboxylic acids is 1. The smallest absolute Gasteiger partial charge is 0.287 e. The summed E-state index contributed by atoms with van der Waals surface area (Å²) in [6.07, 6.45) is 2.88. The molecular weight excluding hydrogens is 273 g/mol. The normalized spacial score (nSPS) is 22.4. The topological polar surface area (TPSA) is 62.5 Å². The van der Waals surface area contributed by atoms with Crippen LogP contribution in [0.3, 0.4) is 0 Å². The van der Waals surface area contributed by atoms with Gasteiger partial charge in [0.2, 0.25) is 0 Å². The third-order valence-corrected chi connectivity index (χ3v) is 4.17. The van der Waals surface area contributed by atoms with Crippen LogP contribution in [0.1, 0.15) is 41.8 Å². The molecule has 0 saturated heterocycles. The van der Waals surface area contributed by atoms with Crippen molar-refractivity contribution >= 4 is 16.9 Å². The number of aliphatic hydroxyl groups excluding tert-OH is 1. The molecule has 1 heterocycles. The minimum absolute atomic E-state index is 0.101. The van der Waals surface area contributed by atoms with Crippen LogP contribution >= 0.6 is 0 Å². The SMILES string of the molecule is Cc1c(C(=O)NC2CCCCC2O)oc2c(F)cccc12. The Bertz CT molecular complexity index is 679. The summed E-state index contributed by atoms with van der Waals surface area (Å²) in [5.74, 6) is -0.755. The van der Waals surface area contributed by atoms with Crippen molar-refractivity contribution in [2.24, 2.45) is 0 Å². The maximum absolute atomic E-state index is 13.7. The van der Waals surface area contributed by atoms with Crippen molar-refractivity contribution < 1.29 is 18.7 Å². The van der Waals surface area contributed by atoms with Gasteiger partial charge in [0, 0.05) is 10.9 Å². The number of benzene rings is 1. The quantitative estimate of drug-likeness (QED) is 0.894. The molecule has 0 aliphatic heterocycles. The number of nitrogens with one attached hydrogen (secondary N) is 1. The van der Waals surface area contributed by atoms with Crippen LogP contribution in [0.25, 0.3) is 11.0 Å². The van der Waals surface area contributed by atoms with Gasteiger partial charge in [-0.3, -0.25) is 4.79 Å². The molecule has 1 aromatic carbocycles. The van der Waals surface area contributed by atoms with Gasteiger partial charge in [-0.15, -0.1) is 0 Å². The molecule has 0 spiro atoms. The number of fused-ring (bicyclic) bond motifs is 1. The number of rotatable bonds is 2. The first kappa shape index (κ1) is 14.1. The lowest BCUT2D eigenvalue weighted by atomic mass is 9.92. The molecule has 0 bridgehead atoms. The molecule has 112 valence electrons. The summed E-state index contributed by atoms with van der Waals surface area (Å²) < 4.78 is 19.1. The molecule has 3 rings (SSSR count). The van der Waals surface area contributed by atoms with Crippen LogP contribution in [-0.2, 0) is 0 Å². The summed E-state index contributed by atoms with van der Waals surface area (Å²) in [6.45, 7) is 1.73. The Morgan fingerprint density at radius 3 is 2.86 bits per heavy atom. The van der Waals surface area contributed by atoms with E-state index in [1.54, 1.807) is 19.1 Å². The molecular formula is C16H18FNO3. The Hall–Kier alpha value is -1.88. The summed E-state index contributed by atoms with van der Waals surface area (Å²) in [5.41, 5.74) is 0.719. The van der Waals surface area contributed by atoms with Crippen molar-refractivity contribution in [3.05, 3.63) is 35.3 Å². The first-order chi connectivity index (χ1) is 10.1. The number of aliphatic hydroxyl groups is 1. The highest BCUT2D eigenvalue weighted by Gasteiger charge is 2.27. The van der Waals surface area contributed by atoms with Gasteiger partial charge in [0.25, 0.3) is 5.91 Å². The molecule has 2 atom stereocenters. The van der Waals surface area contributed by atoms with Crippen molar-refractivity contribution in [1.82, 2.24) is 5.32 Å². The van der Waals surface area contributed by atoms with Crippen LogP contribution in [0, 0.1) is 12.7 Å². The van der Waals surface area contributed by atoms with E-state index < -0.39 is 17.8 Å². The van der Waals surface area contributed by atoms with Crippen LogP contribution < -0.4 is 5.32 Å². The Morgan fingerprint density at radius 2 is 2.14 bits per heavy atom. The van der Waals surface area contributed by atoms with Crippen LogP contribution in [0.4, 0.5) is 4.39 Å². The van der Waals surface area contributed by atoms with E-state index in [0.29, 0.717) is 17.4 Å². The molecule has 2 aromatic rings. The van der Waals surface area contributed by atoms with Crippen molar-refractivity contribution in [1.29, 1.82) is 0 Å². The largest absolute Gasteiger partial charge is 0.448 e. The number of halogens is 1. The second kappa shape index (κ2) is 5.48. The minimum atomic E-state index is -0.524. The number of furan rings is 1. The summed E-state index contributed by atoms with van der Waals surface area (Å²) >= 11 is 0. The molecule has 1 aliphatic carbocycles. The van der Waals surface area contributed by atoms with E-state index in [2.05, 4.69) is 5.32 Å². The number of hydrogen-bond acceptors (Lipinski definition) is 3. The first-order valence-corrected chi connectivity index (χ1v) is 7.24. The molecule has 2 unspecified atom stereocenters. The molecule has 5 heteroatoms. The predicted octanol–water partition coefficient (Wildman–Crippen LogP) is 2.91. The van der Waals surface area contributed by atoms with Crippen molar-refractivity contribution in [3.63, 3.8) is 0 Å². The third-order valence-electron chi connectivity index (χ3n) is 4.17. The summed E-state index contributed by atoms with van der Waals surface area (Å²) in [7, 11) is 0. The van der Waals surface area contributed by atoms with Crippen molar-refractivity contribution in [2.75, 3.05) is 0 Å². The highest BCUT2D eigenvalue weighted by Crippen LogP contribution is 2.27. The molecule has 21 heavy (non-hydrogen) atoms. The number of hydrogen-bond donors (Lipinski definition) is 2. The molecule has 0 radical (unpaired) electrons. The summed E-state index contributed by atoms with van der Waals surface area (Å²) in [4.78, 5) is 12.3. The lowest BCUT2D eigenvalue weighted by molar-refractivity contribution is 0.0699. The molecule has 2 N–H and O–H groups in total. The van der Waals surface area contributed by atoms with Gasteiger partial charge in [-0.05, 0) is 25.8 Å².